The van der Waals surface area contributed by atoms with Crippen LogP contribution in [0.3, 0.4) is 0 Å². The van der Waals surface area contributed by atoms with Crippen molar-refractivity contribution in [2.24, 2.45) is 5.92 Å². The summed E-state index contributed by atoms with van der Waals surface area (Å²) in [6, 6.07) is 0. The van der Waals surface area contributed by atoms with E-state index in [2.05, 4.69) is 4.74 Å². The molecule has 0 amide bonds. The second-order valence-corrected chi connectivity index (χ2v) is 2.90. The van der Waals surface area contributed by atoms with Crippen molar-refractivity contribution in [1.82, 2.24) is 0 Å². The highest BCUT2D eigenvalue weighted by Gasteiger charge is 2.15. The molecule has 12 heavy (non-hydrogen) atoms. The third kappa shape index (κ3) is 4.11. The molecule has 0 N–H and O–H groups in total. The average Bonchev–Trinajstić information content (AvgIpc) is 2.04. The Bertz CT molecular complexity index is 163. The zero-order valence-corrected chi connectivity index (χ0v) is 7.92. The van der Waals surface area contributed by atoms with Gasteiger partial charge in [-0.25, -0.2) is 0 Å². The van der Waals surface area contributed by atoms with Gasteiger partial charge in [-0.15, -0.1) is 0 Å². The number of ether oxygens (including phenoxy) is 1. The van der Waals surface area contributed by atoms with Crippen LogP contribution in [0.25, 0.3) is 0 Å². The van der Waals surface area contributed by atoms with Gasteiger partial charge in [0.25, 0.3) is 0 Å². The van der Waals surface area contributed by atoms with Gasteiger partial charge in [-0.1, -0.05) is 13.8 Å². The first-order valence-corrected chi connectivity index (χ1v) is 4.21. The number of esters is 1. The summed E-state index contributed by atoms with van der Waals surface area (Å²) in [4.78, 5) is 21.9. The molecule has 0 aliphatic rings. The standard InChI is InChI=1S/C9H16O3/c1-4-5-8(10)7(2)6-9(11)12-3/h7H,4-6H2,1-3H3/t7-/m1/s1. The van der Waals surface area contributed by atoms with E-state index in [0.29, 0.717) is 6.42 Å². The molecule has 0 aromatic rings. The Morgan fingerprint density at radius 2 is 2.00 bits per heavy atom. The molecule has 0 aliphatic carbocycles. The van der Waals surface area contributed by atoms with Crippen molar-refractivity contribution in [2.75, 3.05) is 7.11 Å². The highest BCUT2D eigenvalue weighted by atomic mass is 16.5. The largest absolute Gasteiger partial charge is 0.469 e. The van der Waals surface area contributed by atoms with E-state index >= 15 is 0 Å². The van der Waals surface area contributed by atoms with Crippen LogP contribution in [0, 0.1) is 5.92 Å². The van der Waals surface area contributed by atoms with Gasteiger partial charge in [0.2, 0.25) is 0 Å². The predicted molar refractivity (Wildman–Crippen MR) is 45.7 cm³/mol. The molecule has 0 heterocycles. The Morgan fingerprint density at radius 3 is 2.42 bits per heavy atom. The summed E-state index contributed by atoms with van der Waals surface area (Å²) in [6.45, 7) is 3.71. The molecule has 0 fully saturated rings. The quantitative estimate of drug-likeness (QED) is 0.591. The number of carbonyl (C=O) groups excluding carboxylic acids is 2. The number of ketones is 1. The molecule has 70 valence electrons. The molecule has 0 rings (SSSR count). The van der Waals surface area contributed by atoms with Gasteiger partial charge < -0.3 is 4.74 Å². The van der Waals surface area contributed by atoms with Crippen LogP contribution in [0.5, 0.6) is 0 Å². The maximum Gasteiger partial charge on any atom is 0.306 e. The Kier molecular flexibility index (Phi) is 5.34. The van der Waals surface area contributed by atoms with Gasteiger partial charge in [0, 0.05) is 12.3 Å². The Hall–Kier alpha value is -0.860. The van der Waals surface area contributed by atoms with Gasteiger partial charge in [-0.3, -0.25) is 9.59 Å². The summed E-state index contributed by atoms with van der Waals surface area (Å²) in [5.74, 6) is -0.368. The summed E-state index contributed by atoms with van der Waals surface area (Å²) in [5, 5.41) is 0. The summed E-state index contributed by atoms with van der Waals surface area (Å²) < 4.78 is 4.46. The van der Waals surface area contributed by atoms with Crippen molar-refractivity contribution in [3.8, 4) is 0 Å². The van der Waals surface area contributed by atoms with Crippen molar-refractivity contribution in [1.29, 1.82) is 0 Å². The van der Waals surface area contributed by atoms with E-state index < -0.39 is 0 Å². The van der Waals surface area contributed by atoms with Crippen LogP contribution in [0.1, 0.15) is 33.1 Å². The summed E-state index contributed by atoms with van der Waals surface area (Å²) in [6.07, 6.45) is 1.60. The van der Waals surface area contributed by atoms with E-state index in [1.54, 1.807) is 6.92 Å². The maximum absolute atomic E-state index is 11.2. The lowest BCUT2D eigenvalue weighted by atomic mass is 9.99. The molecule has 3 nitrogen and oxygen atoms in total. The summed E-state index contributed by atoms with van der Waals surface area (Å²) in [7, 11) is 1.33. The van der Waals surface area contributed by atoms with E-state index in [1.807, 2.05) is 6.92 Å². The maximum atomic E-state index is 11.2. The average molecular weight is 172 g/mol. The van der Waals surface area contributed by atoms with Crippen LogP contribution in [0.2, 0.25) is 0 Å². The molecule has 0 radical (unpaired) electrons. The van der Waals surface area contributed by atoms with Crippen molar-refractivity contribution < 1.29 is 14.3 Å². The highest BCUT2D eigenvalue weighted by molar-refractivity contribution is 5.84. The minimum atomic E-state index is -0.313. The lowest BCUT2D eigenvalue weighted by Crippen LogP contribution is -2.15. The van der Waals surface area contributed by atoms with Crippen molar-refractivity contribution in [3.63, 3.8) is 0 Å². The zero-order chi connectivity index (χ0) is 9.56. The molecular formula is C9H16O3. The predicted octanol–water partition coefficient (Wildman–Crippen LogP) is 1.55. The molecule has 1 atom stereocenters. The summed E-state index contributed by atoms with van der Waals surface area (Å²) in [5.41, 5.74) is 0. The highest BCUT2D eigenvalue weighted by Crippen LogP contribution is 2.08. The number of carbonyl (C=O) groups is 2. The van der Waals surface area contributed by atoms with E-state index in [-0.39, 0.29) is 24.1 Å². The van der Waals surface area contributed by atoms with Crippen molar-refractivity contribution in [2.45, 2.75) is 33.1 Å². The van der Waals surface area contributed by atoms with Gasteiger partial charge in [0.15, 0.2) is 0 Å². The molecule has 0 unspecified atom stereocenters. The van der Waals surface area contributed by atoms with E-state index in [4.69, 9.17) is 0 Å². The molecule has 3 heteroatoms. The first kappa shape index (κ1) is 11.1. The van der Waals surface area contributed by atoms with E-state index in [1.165, 1.54) is 7.11 Å². The molecule has 0 saturated heterocycles. The minimum absolute atomic E-state index is 0.142. The topological polar surface area (TPSA) is 43.4 Å². The number of hydrogen-bond acceptors (Lipinski definition) is 3. The van der Waals surface area contributed by atoms with Crippen molar-refractivity contribution >= 4 is 11.8 Å². The van der Waals surface area contributed by atoms with Crippen LogP contribution in [0.4, 0.5) is 0 Å². The first-order chi connectivity index (χ1) is 5.61. The lowest BCUT2D eigenvalue weighted by molar-refractivity contribution is -0.143. The number of hydrogen-bond donors (Lipinski definition) is 0. The minimum Gasteiger partial charge on any atom is -0.469 e. The van der Waals surface area contributed by atoms with Crippen LogP contribution in [-0.2, 0) is 14.3 Å². The van der Waals surface area contributed by atoms with Crippen LogP contribution in [0.15, 0.2) is 0 Å². The lowest BCUT2D eigenvalue weighted by Gasteiger charge is -2.07. The third-order valence-corrected chi connectivity index (χ3v) is 1.75. The molecule has 0 aromatic heterocycles. The first-order valence-electron chi connectivity index (χ1n) is 4.21. The third-order valence-electron chi connectivity index (χ3n) is 1.75. The Balaban J connectivity index is 3.78. The van der Waals surface area contributed by atoms with Crippen LogP contribution in [-0.4, -0.2) is 18.9 Å². The Morgan fingerprint density at radius 1 is 1.42 bits per heavy atom. The van der Waals surface area contributed by atoms with E-state index in [0.717, 1.165) is 6.42 Å². The van der Waals surface area contributed by atoms with Gasteiger partial charge >= 0.3 is 5.97 Å². The van der Waals surface area contributed by atoms with Crippen LogP contribution < -0.4 is 0 Å². The zero-order valence-electron chi connectivity index (χ0n) is 7.92. The van der Waals surface area contributed by atoms with Crippen molar-refractivity contribution in [3.05, 3.63) is 0 Å². The van der Waals surface area contributed by atoms with E-state index in [9.17, 15) is 9.59 Å². The van der Waals surface area contributed by atoms with Gasteiger partial charge in [0.1, 0.15) is 5.78 Å². The normalized spacial score (nSPS) is 12.2. The van der Waals surface area contributed by atoms with Gasteiger partial charge in [-0.05, 0) is 6.42 Å². The Labute approximate surface area is 73.1 Å². The SMILES string of the molecule is CCCC(=O)[C@H](C)CC(=O)OC. The summed E-state index contributed by atoms with van der Waals surface area (Å²) >= 11 is 0. The molecule has 0 aliphatic heterocycles. The monoisotopic (exact) mass is 172 g/mol. The molecule has 0 bridgehead atoms. The number of methoxy groups -OCH3 is 1. The fourth-order valence-electron chi connectivity index (χ4n) is 0.940. The molecule has 0 aromatic carbocycles. The van der Waals surface area contributed by atoms with Gasteiger partial charge in [-0.2, -0.15) is 0 Å². The fraction of sp³-hybridized carbons (Fsp3) is 0.778. The molecular weight excluding hydrogens is 156 g/mol. The second kappa shape index (κ2) is 5.75. The fourth-order valence-corrected chi connectivity index (χ4v) is 0.940. The van der Waals surface area contributed by atoms with Gasteiger partial charge in [0.05, 0.1) is 13.5 Å². The number of rotatable bonds is 5. The second-order valence-electron chi connectivity index (χ2n) is 2.90. The molecule has 0 spiro atoms. The molecule has 0 saturated carbocycles. The number of Topliss-reactive ketones (excluding diaryl/α,β-unsaturated/α-hetero) is 1. The van der Waals surface area contributed by atoms with Crippen LogP contribution >= 0.6 is 0 Å². The smallest absolute Gasteiger partial charge is 0.306 e.